The molecule has 1 atom stereocenters. The number of nitrogens with one attached hydrogen (secondary N) is 2. The van der Waals surface area contributed by atoms with E-state index in [1.807, 2.05) is 56.3 Å². The van der Waals surface area contributed by atoms with Crippen LogP contribution in [0.2, 0.25) is 0 Å². The summed E-state index contributed by atoms with van der Waals surface area (Å²) in [6.45, 7) is 3.67. The van der Waals surface area contributed by atoms with Gasteiger partial charge >= 0.3 is 0 Å². The number of carbonyl (C=O) groups excluding carboxylic acids is 1. The van der Waals surface area contributed by atoms with Gasteiger partial charge in [0.05, 0.1) is 5.57 Å². The molecule has 126 valence electrons. The number of allylic oxidation sites excluding steroid dienone is 1. The van der Waals surface area contributed by atoms with E-state index in [1.165, 1.54) is 0 Å². The Morgan fingerprint density at radius 3 is 2.72 bits per heavy atom. The number of para-hydroxylation sites is 1. The van der Waals surface area contributed by atoms with Crippen molar-refractivity contribution < 1.29 is 9.21 Å². The van der Waals surface area contributed by atoms with Crippen LogP contribution in [0, 0.1) is 6.92 Å². The monoisotopic (exact) mass is 336 g/mol. The third kappa shape index (κ3) is 2.67. The van der Waals surface area contributed by atoms with Gasteiger partial charge in [-0.25, -0.2) is 0 Å². The van der Waals surface area contributed by atoms with Crippen molar-refractivity contribution in [1.29, 1.82) is 0 Å². The molecule has 8 nitrogen and oxygen atoms in total. The van der Waals surface area contributed by atoms with Gasteiger partial charge in [0.25, 0.3) is 5.91 Å². The van der Waals surface area contributed by atoms with Gasteiger partial charge < -0.3 is 15.1 Å². The number of aromatic nitrogens is 4. The van der Waals surface area contributed by atoms with Crippen molar-refractivity contribution in [1.82, 2.24) is 20.2 Å². The molecule has 0 radical (unpaired) electrons. The maximum Gasteiger partial charge on any atom is 0.256 e. The fourth-order valence-electron chi connectivity index (χ4n) is 2.89. The number of tetrazole rings is 1. The lowest BCUT2D eigenvalue weighted by atomic mass is 10.00. The average molecular weight is 336 g/mol. The second-order valence-electron chi connectivity index (χ2n) is 5.78. The Kier molecular flexibility index (Phi) is 3.57. The lowest BCUT2D eigenvalue weighted by Crippen LogP contribution is -2.31. The fourth-order valence-corrected chi connectivity index (χ4v) is 2.89. The van der Waals surface area contributed by atoms with Gasteiger partial charge in [0, 0.05) is 11.4 Å². The predicted octanol–water partition coefficient (Wildman–Crippen LogP) is 2.50. The first-order chi connectivity index (χ1) is 12.1. The molecular weight excluding hydrogens is 320 g/mol. The Bertz CT molecular complexity index is 956. The van der Waals surface area contributed by atoms with Crippen LogP contribution in [0.3, 0.4) is 0 Å². The molecule has 1 aliphatic heterocycles. The number of fused-ring (bicyclic) bond motifs is 1. The normalized spacial score (nSPS) is 16.3. The van der Waals surface area contributed by atoms with Crippen LogP contribution in [0.5, 0.6) is 0 Å². The minimum atomic E-state index is -0.538. The van der Waals surface area contributed by atoms with E-state index < -0.39 is 6.04 Å². The molecule has 0 saturated heterocycles. The summed E-state index contributed by atoms with van der Waals surface area (Å²) in [4.78, 5) is 13.0. The Morgan fingerprint density at radius 1 is 1.20 bits per heavy atom. The molecule has 3 heterocycles. The summed E-state index contributed by atoms with van der Waals surface area (Å²) in [5.74, 6) is 1.58. The summed E-state index contributed by atoms with van der Waals surface area (Å²) >= 11 is 0. The molecule has 25 heavy (non-hydrogen) atoms. The maximum absolute atomic E-state index is 13.0. The molecule has 0 bridgehead atoms. The smallest absolute Gasteiger partial charge is 0.256 e. The molecule has 3 aromatic rings. The second kappa shape index (κ2) is 5.90. The first-order valence-electron chi connectivity index (χ1n) is 7.82. The highest BCUT2D eigenvalue weighted by molar-refractivity contribution is 6.05. The zero-order valence-corrected chi connectivity index (χ0v) is 13.7. The van der Waals surface area contributed by atoms with E-state index in [2.05, 4.69) is 26.2 Å². The summed E-state index contributed by atoms with van der Waals surface area (Å²) in [5.41, 5.74) is 1.89. The molecule has 4 rings (SSSR count). The number of benzene rings is 1. The highest BCUT2D eigenvalue weighted by Gasteiger charge is 2.35. The van der Waals surface area contributed by atoms with Crippen molar-refractivity contribution in [2.24, 2.45) is 0 Å². The Balaban J connectivity index is 1.76. The van der Waals surface area contributed by atoms with Crippen LogP contribution in [0.4, 0.5) is 11.6 Å². The largest absolute Gasteiger partial charge is 0.464 e. The van der Waals surface area contributed by atoms with Gasteiger partial charge in [-0.2, -0.15) is 4.68 Å². The Hall–Kier alpha value is -3.42. The molecule has 0 fully saturated rings. The van der Waals surface area contributed by atoms with Crippen LogP contribution in [0.1, 0.15) is 24.5 Å². The standard InChI is InChI=1S/C17H16N6O2/c1-10-8-9-13(25-10)15-14(11(2)18-17-20-21-22-23(15)17)16(24)19-12-6-4-3-5-7-12/h3-9,15H,1-2H3,(H,19,24)(H,18,20,22)/t15-/m0/s1. The van der Waals surface area contributed by atoms with Crippen LogP contribution in [0.15, 0.2) is 58.2 Å². The van der Waals surface area contributed by atoms with Gasteiger partial charge in [-0.1, -0.05) is 23.3 Å². The molecule has 1 aliphatic rings. The highest BCUT2D eigenvalue weighted by atomic mass is 16.3. The Labute approximate surface area is 143 Å². The van der Waals surface area contributed by atoms with Crippen molar-refractivity contribution in [3.8, 4) is 0 Å². The van der Waals surface area contributed by atoms with Crippen LogP contribution < -0.4 is 10.6 Å². The second-order valence-corrected chi connectivity index (χ2v) is 5.78. The van der Waals surface area contributed by atoms with E-state index in [9.17, 15) is 4.79 Å². The lowest BCUT2D eigenvalue weighted by molar-refractivity contribution is -0.113. The van der Waals surface area contributed by atoms with Crippen LogP contribution in [0.25, 0.3) is 0 Å². The topological polar surface area (TPSA) is 97.9 Å². The van der Waals surface area contributed by atoms with Crippen LogP contribution >= 0.6 is 0 Å². The Morgan fingerprint density at radius 2 is 2.00 bits per heavy atom. The number of furan rings is 1. The number of hydrogen-bond acceptors (Lipinski definition) is 6. The van der Waals surface area contributed by atoms with Gasteiger partial charge in [-0.15, -0.1) is 0 Å². The minimum absolute atomic E-state index is 0.239. The van der Waals surface area contributed by atoms with E-state index in [-0.39, 0.29) is 5.91 Å². The number of rotatable bonds is 3. The first kappa shape index (κ1) is 15.1. The SMILES string of the molecule is CC1=C(C(=O)Nc2ccccc2)[C@H](c2ccc(C)o2)n2nnnc2N1. The summed E-state index contributed by atoms with van der Waals surface area (Å²) < 4.78 is 7.32. The first-order valence-corrected chi connectivity index (χ1v) is 7.82. The molecule has 0 spiro atoms. The van der Waals surface area contributed by atoms with Crippen LogP contribution in [-0.2, 0) is 4.79 Å². The zero-order chi connectivity index (χ0) is 17.4. The van der Waals surface area contributed by atoms with Gasteiger partial charge in [0.15, 0.2) is 0 Å². The van der Waals surface area contributed by atoms with Gasteiger partial charge in [-0.3, -0.25) is 4.79 Å². The fraction of sp³-hybridized carbons (Fsp3) is 0.176. The number of amides is 1. The van der Waals surface area contributed by atoms with E-state index in [1.54, 1.807) is 4.68 Å². The highest BCUT2D eigenvalue weighted by Crippen LogP contribution is 2.35. The summed E-state index contributed by atoms with van der Waals surface area (Å²) in [7, 11) is 0. The molecule has 2 aromatic heterocycles. The van der Waals surface area contributed by atoms with Crippen molar-refractivity contribution in [2.75, 3.05) is 10.6 Å². The van der Waals surface area contributed by atoms with Crippen molar-refractivity contribution >= 4 is 17.5 Å². The molecule has 1 amide bonds. The van der Waals surface area contributed by atoms with Crippen molar-refractivity contribution in [2.45, 2.75) is 19.9 Å². The molecule has 1 aromatic carbocycles. The number of anilines is 2. The summed E-state index contributed by atoms with van der Waals surface area (Å²) in [6, 6.07) is 12.4. The minimum Gasteiger partial charge on any atom is -0.464 e. The quantitative estimate of drug-likeness (QED) is 0.762. The van der Waals surface area contributed by atoms with Gasteiger partial charge in [-0.05, 0) is 48.5 Å². The molecule has 8 heteroatoms. The third-order valence-electron chi connectivity index (χ3n) is 4.02. The number of aryl methyl sites for hydroxylation is 1. The van der Waals surface area contributed by atoms with Crippen molar-refractivity contribution in [3.63, 3.8) is 0 Å². The number of nitrogens with zero attached hydrogens (tertiary/aromatic N) is 4. The van der Waals surface area contributed by atoms with Gasteiger partial charge in [0.1, 0.15) is 17.6 Å². The van der Waals surface area contributed by atoms with Gasteiger partial charge in [0.2, 0.25) is 5.95 Å². The molecule has 0 aliphatic carbocycles. The third-order valence-corrected chi connectivity index (χ3v) is 4.02. The zero-order valence-electron chi connectivity index (χ0n) is 13.7. The summed E-state index contributed by atoms with van der Waals surface area (Å²) in [5, 5.41) is 17.6. The van der Waals surface area contributed by atoms with E-state index in [4.69, 9.17) is 4.42 Å². The lowest BCUT2D eigenvalue weighted by Gasteiger charge is -2.26. The van der Waals surface area contributed by atoms with E-state index >= 15 is 0 Å². The predicted molar refractivity (Wildman–Crippen MR) is 90.8 cm³/mol. The summed E-state index contributed by atoms with van der Waals surface area (Å²) in [6.07, 6.45) is 0. The molecule has 0 unspecified atom stereocenters. The number of carbonyl (C=O) groups is 1. The van der Waals surface area contributed by atoms with E-state index in [0.717, 1.165) is 5.76 Å². The average Bonchev–Trinajstić information content (AvgIpc) is 3.23. The molecule has 0 saturated carbocycles. The maximum atomic E-state index is 13.0. The number of hydrogen-bond donors (Lipinski definition) is 2. The molecular formula is C17H16N6O2. The van der Waals surface area contributed by atoms with Crippen LogP contribution in [-0.4, -0.2) is 26.1 Å². The molecule has 2 N–H and O–H groups in total. The van der Waals surface area contributed by atoms with Crippen molar-refractivity contribution in [3.05, 3.63) is 65.3 Å². The van der Waals surface area contributed by atoms with E-state index in [0.29, 0.717) is 28.7 Å².